The summed E-state index contributed by atoms with van der Waals surface area (Å²) < 4.78 is 10.8. The van der Waals surface area contributed by atoms with Gasteiger partial charge in [-0.3, -0.25) is 14.8 Å². The molecule has 1 aromatic heterocycles. The number of hydrogen-bond acceptors (Lipinski definition) is 5. The summed E-state index contributed by atoms with van der Waals surface area (Å²) in [5, 5.41) is 0.716. The Hall–Kier alpha value is -2.92. The Balaban J connectivity index is 1.29. The van der Waals surface area contributed by atoms with Crippen LogP contribution in [0.15, 0.2) is 54.9 Å². The van der Waals surface area contributed by atoms with Crippen LogP contribution in [0.3, 0.4) is 0 Å². The molecule has 1 saturated carbocycles. The lowest BCUT2D eigenvalue weighted by Crippen LogP contribution is -2.23. The van der Waals surface area contributed by atoms with Gasteiger partial charge >= 0.3 is 0 Å². The first-order valence-electron chi connectivity index (χ1n) is 9.61. The topological polar surface area (TPSA) is 61.3 Å². The number of ether oxygens (including phenoxy) is 2. The van der Waals surface area contributed by atoms with Gasteiger partial charge in [0.25, 0.3) is 0 Å². The highest BCUT2D eigenvalue weighted by Gasteiger charge is 2.51. The van der Waals surface area contributed by atoms with Crippen LogP contribution in [0.5, 0.6) is 11.5 Å². The molecule has 146 valence electrons. The van der Waals surface area contributed by atoms with Crippen molar-refractivity contribution in [3.8, 4) is 11.5 Å². The largest absolute Gasteiger partial charge is 0.454 e. The zero-order valence-corrected chi connectivity index (χ0v) is 16.5. The van der Waals surface area contributed by atoms with Crippen LogP contribution >= 0.6 is 11.6 Å². The second kappa shape index (κ2) is 7.16. The first kappa shape index (κ1) is 18.1. The molecular formula is C23H19ClN2O3. The summed E-state index contributed by atoms with van der Waals surface area (Å²) in [5.74, 6) is 1.62. The molecule has 0 saturated heterocycles. The lowest BCUT2D eigenvalue weighted by molar-refractivity contribution is -0.120. The number of benzene rings is 2. The summed E-state index contributed by atoms with van der Waals surface area (Å²) in [7, 11) is 0. The number of carbonyl (C=O) groups excluding carboxylic acids is 1. The Kier molecular flexibility index (Phi) is 4.47. The third kappa shape index (κ3) is 3.47. The lowest BCUT2D eigenvalue weighted by Gasteiger charge is -2.15. The molecule has 2 heterocycles. The lowest BCUT2D eigenvalue weighted by atomic mass is 9.89. The average Bonchev–Trinajstić information content (AvgIpc) is 3.42. The second-order valence-corrected chi connectivity index (χ2v) is 7.92. The van der Waals surface area contributed by atoms with Crippen LogP contribution in [-0.4, -0.2) is 22.5 Å². The number of halogens is 1. The van der Waals surface area contributed by atoms with Gasteiger partial charge in [-0.2, -0.15) is 0 Å². The molecular weight excluding hydrogens is 388 g/mol. The number of carbonyl (C=O) groups is 1. The Labute approximate surface area is 173 Å². The Morgan fingerprint density at radius 1 is 1.00 bits per heavy atom. The highest BCUT2D eigenvalue weighted by Crippen LogP contribution is 2.51. The molecule has 0 N–H and O–H groups in total. The van der Waals surface area contributed by atoms with Crippen LogP contribution in [0, 0.1) is 0 Å². The molecule has 3 aromatic rings. The minimum absolute atomic E-state index is 0.171. The Morgan fingerprint density at radius 3 is 2.52 bits per heavy atom. The van der Waals surface area contributed by atoms with Crippen molar-refractivity contribution in [2.75, 3.05) is 6.79 Å². The molecule has 6 heteroatoms. The molecule has 0 atom stereocenters. The maximum atomic E-state index is 13.1. The van der Waals surface area contributed by atoms with E-state index < -0.39 is 5.41 Å². The van der Waals surface area contributed by atoms with Gasteiger partial charge in [0.1, 0.15) is 5.78 Å². The van der Waals surface area contributed by atoms with Gasteiger partial charge in [0.15, 0.2) is 11.5 Å². The van der Waals surface area contributed by atoms with E-state index >= 15 is 0 Å². The van der Waals surface area contributed by atoms with Crippen LogP contribution < -0.4 is 9.47 Å². The summed E-state index contributed by atoms with van der Waals surface area (Å²) >= 11 is 6.22. The number of rotatable bonds is 6. The third-order valence-corrected chi connectivity index (χ3v) is 6.01. The maximum Gasteiger partial charge on any atom is 0.231 e. The van der Waals surface area contributed by atoms with E-state index in [0.29, 0.717) is 22.9 Å². The van der Waals surface area contributed by atoms with Gasteiger partial charge in [0.05, 0.1) is 23.2 Å². The quantitative estimate of drug-likeness (QED) is 0.611. The number of fused-ring (bicyclic) bond motifs is 1. The zero-order chi connectivity index (χ0) is 19.8. The van der Waals surface area contributed by atoms with E-state index in [1.54, 1.807) is 12.4 Å². The fourth-order valence-corrected chi connectivity index (χ4v) is 3.98. The SMILES string of the molecule is O=C(Cc1cnc(Cc2ccccc2Cl)cn1)C1(c2ccc3c(c2)OCO3)CC1. The van der Waals surface area contributed by atoms with Gasteiger partial charge in [-0.1, -0.05) is 35.9 Å². The van der Waals surface area contributed by atoms with Gasteiger partial charge in [-0.25, -0.2) is 0 Å². The predicted molar refractivity (Wildman–Crippen MR) is 108 cm³/mol. The summed E-state index contributed by atoms with van der Waals surface area (Å²) in [6.45, 7) is 0.232. The van der Waals surface area contributed by atoms with Crippen molar-refractivity contribution in [3.05, 3.63) is 82.4 Å². The van der Waals surface area contributed by atoms with Gasteiger partial charge in [-0.15, -0.1) is 0 Å². The molecule has 0 amide bonds. The minimum Gasteiger partial charge on any atom is -0.454 e. The van der Waals surface area contributed by atoms with Gasteiger partial charge in [0, 0.05) is 23.8 Å². The summed E-state index contributed by atoms with van der Waals surface area (Å²) in [6.07, 6.45) is 6.01. The van der Waals surface area contributed by atoms with E-state index in [1.165, 1.54) is 0 Å². The molecule has 1 aliphatic heterocycles. The Bertz CT molecular complexity index is 1080. The molecule has 0 spiro atoms. The first-order chi connectivity index (χ1) is 14.1. The molecule has 1 aliphatic carbocycles. The average molecular weight is 407 g/mol. The van der Waals surface area contributed by atoms with Crippen molar-refractivity contribution in [1.82, 2.24) is 9.97 Å². The van der Waals surface area contributed by atoms with Crippen LogP contribution in [0.4, 0.5) is 0 Å². The predicted octanol–water partition coefficient (Wildman–Crippen LogP) is 4.29. The van der Waals surface area contributed by atoms with Crippen LogP contribution in [0.1, 0.15) is 35.4 Å². The van der Waals surface area contributed by atoms with Gasteiger partial charge in [0.2, 0.25) is 6.79 Å². The van der Waals surface area contributed by atoms with Crippen LogP contribution in [0.2, 0.25) is 5.02 Å². The van der Waals surface area contributed by atoms with E-state index in [1.807, 2.05) is 42.5 Å². The molecule has 1 fully saturated rings. The number of nitrogens with zero attached hydrogens (tertiary/aromatic N) is 2. The van der Waals surface area contributed by atoms with Crippen molar-refractivity contribution < 1.29 is 14.3 Å². The smallest absolute Gasteiger partial charge is 0.231 e. The summed E-state index contributed by atoms with van der Waals surface area (Å²) in [6, 6.07) is 13.5. The normalized spacial score (nSPS) is 15.9. The minimum atomic E-state index is -0.432. The van der Waals surface area contributed by atoms with Crippen molar-refractivity contribution in [3.63, 3.8) is 0 Å². The zero-order valence-electron chi connectivity index (χ0n) is 15.7. The van der Waals surface area contributed by atoms with E-state index in [2.05, 4.69) is 9.97 Å². The number of hydrogen-bond donors (Lipinski definition) is 0. The number of aromatic nitrogens is 2. The highest BCUT2D eigenvalue weighted by molar-refractivity contribution is 6.31. The number of ketones is 1. The summed E-state index contributed by atoms with van der Waals surface area (Å²) in [5.41, 5.74) is 3.08. The van der Waals surface area contributed by atoms with Gasteiger partial charge < -0.3 is 9.47 Å². The van der Waals surface area contributed by atoms with Gasteiger partial charge in [-0.05, 0) is 42.2 Å². The van der Waals surface area contributed by atoms with Crippen molar-refractivity contribution in [2.24, 2.45) is 0 Å². The molecule has 29 heavy (non-hydrogen) atoms. The fourth-order valence-electron chi connectivity index (χ4n) is 3.78. The molecule has 0 radical (unpaired) electrons. The van der Waals surface area contributed by atoms with E-state index in [0.717, 1.165) is 35.4 Å². The molecule has 0 bridgehead atoms. The number of Topliss-reactive ketones (excluding diaryl/α,β-unsaturated/α-hetero) is 1. The molecule has 5 nitrogen and oxygen atoms in total. The monoisotopic (exact) mass is 406 g/mol. The summed E-state index contributed by atoms with van der Waals surface area (Å²) in [4.78, 5) is 22.0. The first-order valence-corrected chi connectivity index (χ1v) is 9.98. The van der Waals surface area contributed by atoms with E-state index in [4.69, 9.17) is 21.1 Å². The second-order valence-electron chi connectivity index (χ2n) is 7.52. The maximum absolute atomic E-state index is 13.1. The standard InChI is InChI=1S/C23H19ClN2O3/c24-19-4-2-1-3-15(19)9-17-12-26-18(13-25-17)11-22(27)23(7-8-23)16-5-6-20-21(10-16)29-14-28-20/h1-6,10,12-13H,7-9,11,14H2. The molecule has 0 unspecified atom stereocenters. The van der Waals surface area contributed by atoms with Crippen molar-refractivity contribution in [1.29, 1.82) is 0 Å². The van der Waals surface area contributed by atoms with E-state index in [-0.39, 0.29) is 19.0 Å². The third-order valence-electron chi connectivity index (χ3n) is 5.64. The van der Waals surface area contributed by atoms with Crippen molar-refractivity contribution in [2.45, 2.75) is 31.1 Å². The van der Waals surface area contributed by atoms with Crippen LogP contribution in [0.25, 0.3) is 0 Å². The highest BCUT2D eigenvalue weighted by atomic mass is 35.5. The van der Waals surface area contributed by atoms with Crippen molar-refractivity contribution >= 4 is 17.4 Å². The molecule has 5 rings (SSSR count). The fraction of sp³-hybridized carbons (Fsp3) is 0.261. The molecule has 2 aliphatic rings. The van der Waals surface area contributed by atoms with E-state index in [9.17, 15) is 4.79 Å². The Morgan fingerprint density at radius 2 is 1.76 bits per heavy atom. The van der Waals surface area contributed by atoms with Crippen LogP contribution in [-0.2, 0) is 23.1 Å². The molecule has 2 aromatic carbocycles.